The fourth-order valence-corrected chi connectivity index (χ4v) is 4.56. The second kappa shape index (κ2) is 10.2. The van der Waals surface area contributed by atoms with Crippen LogP contribution in [-0.4, -0.2) is 41.6 Å². The number of furan rings is 1. The van der Waals surface area contributed by atoms with Crippen molar-refractivity contribution in [3.8, 4) is 5.75 Å². The first-order valence-electron chi connectivity index (χ1n) is 12.4. The van der Waals surface area contributed by atoms with E-state index in [4.69, 9.17) is 13.9 Å². The number of fused-ring (bicyclic) bond motifs is 1. The third-order valence-corrected chi connectivity index (χ3v) is 6.25. The van der Waals surface area contributed by atoms with Crippen molar-refractivity contribution >= 4 is 23.0 Å². The molecule has 2 amide bonds. The summed E-state index contributed by atoms with van der Waals surface area (Å²) in [7, 11) is 0. The molecule has 2 aromatic carbocycles. The van der Waals surface area contributed by atoms with E-state index in [1.807, 2.05) is 0 Å². The molecule has 0 saturated carbocycles. The lowest BCUT2D eigenvalue weighted by Crippen LogP contribution is -2.40. The molecule has 0 bridgehead atoms. The van der Waals surface area contributed by atoms with E-state index in [1.54, 1.807) is 57.7 Å². The molecule has 1 aliphatic heterocycles. The Morgan fingerprint density at radius 3 is 2.53 bits per heavy atom. The average molecular weight is 533 g/mol. The normalized spacial score (nSPS) is 16.9. The number of hydrogen-bond acceptors (Lipinski definition) is 5. The van der Waals surface area contributed by atoms with Crippen molar-refractivity contribution in [3.63, 3.8) is 0 Å². The lowest BCUT2D eigenvalue weighted by atomic mass is 10.0. The van der Waals surface area contributed by atoms with Gasteiger partial charge in [0.05, 0.1) is 11.1 Å². The minimum absolute atomic E-state index is 0.0113. The summed E-state index contributed by atoms with van der Waals surface area (Å²) in [5, 5.41) is 3.44. The van der Waals surface area contributed by atoms with Crippen LogP contribution in [0, 0.1) is 6.92 Å². The van der Waals surface area contributed by atoms with Gasteiger partial charge in [0.1, 0.15) is 28.8 Å². The summed E-state index contributed by atoms with van der Waals surface area (Å²) in [6.07, 6.45) is -5.26. The van der Waals surface area contributed by atoms with Gasteiger partial charge in [0.2, 0.25) is 0 Å². The Bertz CT molecular complexity index is 1340. The summed E-state index contributed by atoms with van der Waals surface area (Å²) < 4.78 is 57.4. The zero-order valence-electron chi connectivity index (χ0n) is 21.9. The third kappa shape index (κ3) is 6.06. The molecule has 0 spiro atoms. The Labute approximate surface area is 218 Å². The van der Waals surface area contributed by atoms with E-state index in [0.29, 0.717) is 47.6 Å². The Morgan fingerprint density at radius 2 is 1.84 bits per heavy atom. The molecule has 1 aromatic heterocycles. The van der Waals surface area contributed by atoms with Gasteiger partial charge in [-0.2, -0.15) is 13.2 Å². The largest absolute Gasteiger partial charge is 0.486 e. The molecule has 38 heavy (non-hydrogen) atoms. The molecule has 1 fully saturated rings. The smallest absolute Gasteiger partial charge is 0.416 e. The molecular weight excluding hydrogens is 501 g/mol. The molecule has 204 valence electrons. The molecule has 3 aromatic rings. The highest BCUT2D eigenvalue weighted by Crippen LogP contribution is 2.37. The topological polar surface area (TPSA) is 81.0 Å². The van der Waals surface area contributed by atoms with Gasteiger partial charge in [-0.15, -0.1) is 0 Å². The quantitative estimate of drug-likeness (QED) is 0.399. The lowest BCUT2D eigenvalue weighted by molar-refractivity contribution is -0.139. The van der Waals surface area contributed by atoms with E-state index >= 15 is 0 Å². The molecule has 1 saturated heterocycles. The number of carbonyl (C=O) groups excluding carboxylic acids is 2. The van der Waals surface area contributed by atoms with Crippen molar-refractivity contribution in [1.82, 2.24) is 10.2 Å². The number of alkyl halides is 3. The molecule has 1 N–H and O–H groups in total. The van der Waals surface area contributed by atoms with E-state index in [0.717, 1.165) is 6.07 Å². The molecule has 1 unspecified atom stereocenters. The van der Waals surface area contributed by atoms with Crippen LogP contribution in [0.2, 0.25) is 0 Å². The Kier molecular flexibility index (Phi) is 7.36. The van der Waals surface area contributed by atoms with Gasteiger partial charge in [0, 0.05) is 30.1 Å². The van der Waals surface area contributed by atoms with Crippen molar-refractivity contribution in [2.45, 2.75) is 65.0 Å². The molecular formula is C28H31F3N2O5. The van der Waals surface area contributed by atoms with Gasteiger partial charge in [-0.1, -0.05) is 18.2 Å². The van der Waals surface area contributed by atoms with E-state index in [2.05, 4.69) is 5.32 Å². The van der Waals surface area contributed by atoms with Crippen LogP contribution in [0.1, 0.15) is 67.5 Å². The number of amides is 2. The van der Waals surface area contributed by atoms with Crippen LogP contribution < -0.4 is 10.1 Å². The van der Waals surface area contributed by atoms with Crippen molar-refractivity contribution in [2.75, 3.05) is 13.1 Å². The SMILES string of the molecule is Cc1oc2ccc(OC(C)c3ccccc3C(F)(F)F)cc2c1C(=O)N[C@@H]1CCN(C(=O)OC(C)(C)C)C1. The van der Waals surface area contributed by atoms with E-state index in [-0.39, 0.29) is 17.5 Å². The van der Waals surface area contributed by atoms with Gasteiger partial charge in [0.25, 0.3) is 5.91 Å². The molecule has 1 aliphatic rings. The molecule has 0 radical (unpaired) electrons. The Morgan fingerprint density at radius 1 is 1.13 bits per heavy atom. The highest BCUT2D eigenvalue weighted by molar-refractivity contribution is 6.07. The summed E-state index contributed by atoms with van der Waals surface area (Å²) in [5.41, 5.74) is -0.603. The van der Waals surface area contributed by atoms with Crippen LogP contribution in [0.25, 0.3) is 11.0 Å². The second-order valence-corrected chi connectivity index (χ2v) is 10.4. The Hall–Kier alpha value is -3.69. The first-order valence-corrected chi connectivity index (χ1v) is 12.4. The summed E-state index contributed by atoms with van der Waals surface area (Å²) in [4.78, 5) is 27.2. The number of rotatable bonds is 5. The number of ether oxygens (including phenoxy) is 2. The molecule has 10 heteroatoms. The maximum absolute atomic E-state index is 13.5. The first-order chi connectivity index (χ1) is 17.7. The fraction of sp³-hybridized carbons (Fsp3) is 0.429. The lowest BCUT2D eigenvalue weighted by Gasteiger charge is -2.24. The van der Waals surface area contributed by atoms with Gasteiger partial charge in [0.15, 0.2) is 0 Å². The number of hydrogen-bond donors (Lipinski definition) is 1. The predicted octanol–water partition coefficient (Wildman–Crippen LogP) is 6.64. The van der Waals surface area contributed by atoms with Crippen molar-refractivity contribution in [2.24, 2.45) is 0 Å². The third-order valence-electron chi connectivity index (χ3n) is 6.25. The predicted molar refractivity (Wildman–Crippen MR) is 135 cm³/mol. The minimum atomic E-state index is -4.51. The van der Waals surface area contributed by atoms with Crippen molar-refractivity contribution in [1.29, 1.82) is 0 Å². The van der Waals surface area contributed by atoms with E-state index < -0.39 is 29.5 Å². The Balaban J connectivity index is 1.50. The molecule has 2 atom stereocenters. The monoisotopic (exact) mass is 532 g/mol. The maximum atomic E-state index is 13.5. The summed E-state index contributed by atoms with van der Waals surface area (Å²) >= 11 is 0. The van der Waals surface area contributed by atoms with Gasteiger partial charge >= 0.3 is 12.3 Å². The summed E-state index contributed by atoms with van der Waals surface area (Å²) in [6.45, 7) is 9.36. The van der Waals surface area contributed by atoms with Crippen molar-refractivity contribution < 1.29 is 36.7 Å². The second-order valence-electron chi connectivity index (χ2n) is 10.4. The van der Waals surface area contributed by atoms with Gasteiger partial charge < -0.3 is 24.1 Å². The fourth-order valence-electron chi connectivity index (χ4n) is 4.56. The van der Waals surface area contributed by atoms with Crippen LogP contribution in [0.5, 0.6) is 5.75 Å². The number of benzene rings is 2. The minimum Gasteiger partial charge on any atom is -0.486 e. The summed E-state index contributed by atoms with van der Waals surface area (Å²) in [6, 6.07) is 9.81. The molecule has 7 nitrogen and oxygen atoms in total. The first kappa shape index (κ1) is 27.3. The van der Waals surface area contributed by atoms with Gasteiger partial charge in [-0.05, 0) is 65.3 Å². The van der Waals surface area contributed by atoms with Gasteiger partial charge in [-0.25, -0.2) is 4.79 Å². The van der Waals surface area contributed by atoms with Crippen LogP contribution in [-0.2, 0) is 10.9 Å². The molecule has 2 heterocycles. The molecule has 0 aliphatic carbocycles. The highest BCUT2D eigenvalue weighted by atomic mass is 19.4. The number of aryl methyl sites for hydroxylation is 1. The standard InChI is InChI=1S/C28H31F3N2O5/c1-16(20-8-6-7-9-22(20)28(29,30)31)36-19-10-11-23-21(14-19)24(17(2)37-23)25(34)32-18-12-13-33(15-18)26(35)38-27(3,4)5/h6-11,14,16,18H,12-13,15H2,1-5H3,(H,32,34)/t16?,18-/m1/s1. The number of nitrogens with zero attached hydrogens (tertiary/aromatic N) is 1. The number of nitrogens with one attached hydrogen (secondary N) is 1. The van der Waals surface area contributed by atoms with Gasteiger partial charge in [-0.3, -0.25) is 4.79 Å². The maximum Gasteiger partial charge on any atom is 0.416 e. The summed E-state index contributed by atoms with van der Waals surface area (Å²) in [5.74, 6) is 0.325. The number of likely N-dealkylation sites (tertiary alicyclic amines) is 1. The average Bonchev–Trinajstić information content (AvgIpc) is 3.40. The van der Waals surface area contributed by atoms with Crippen LogP contribution in [0.4, 0.5) is 18.0 Å². The van der Waals surface area contributed by atoms with Crippen LogP contribution >= 0.6 is 0 Å². The zero-order chi connectivity index (χ0) is 27.8. The van der Waals surface area contributed by atoms with Crippen LogP contribution in [0.3, 0.4) is 0 Å². The van der Waals surface area contributed by atoms with E-state index in [9.17, 15) is 22.8 Å². The number of halogens is 3. The highest BCUT2D eigenvalue weighted by Gasteiger charge is 2.35. The van der Waals surface area contributed by atoms with E-state index in [1.165, 1.54) is 18.2 Å². The molecule has 4 rings (SSSR count). The van der Waals surface area contributed by atoms with Crippen molar-refractivity contribution in [3.05, 3.63) is 64.9 Å². The number of carbonyl (C=O) groups is 2. The van der Waals surface area contributed by atoms with Crippen LogP contribution in [0.15, 0.2) is 46.9 Å². The zero-order valence-corrected chi connectivity index (χ0v) is 21.9.